The Morgan fingerprint density at radius 3 is 2.38 bits per heavy atom. The quantitative estimate of drug-likeness (QED) is 0.795. The van der Waals surface area contributed by atoms with Crippen LogP contribution in [0.3, 0.4) is 0 Å². The van der Waals surface area contributed by atoms with Gasteiger partial charge in [0.15, 0.2) is 0 Å². The highest BCUT2D eigenvalue weighted by molar-refractivity contribution is 6.68. The third-order valence-corrected chi connectivity index (χ3v) is 6.02. The normalized spacial score (nSPS) is 24.0. The summed E-state index contributed by atoms with van der Waals surface area (Å²) < 4.78 is 11.5. The molecule has 0 N–H and O–H groups in total. The van der Waals surface area contributed by atoms with Gasteiger partial charge in [0.2, 0.25) is 0 Å². The van der Waals surface area contributed by atoms with E-state index in [0.29, 0.717) is 6.61 Å². The van der Waals surface area contributed by atoms with Crippen LogP contribution in [0.4, 0.5) is 4.79 Å². The van der Waals surface area contributed by atoms with Gasteiger partial charge in [0.05, 0.1) is 18.2 Å². The highest BCUT2D eigenvalue weighted by atomic mass is 16.6. The zero-order valence-corrected chi connectivity index (χ0v) is 15.5. The topological polar surface area (TPSA) is 38.8 Å². The van der Waals surface area contributed by atoms with Crippen molar-refractivity contribution in [1.29, 1.82) is 0 Å². The predicted molar refractivity (Wildman–Crippen MR) is 96.7 cm³/mol. The number of hydrogen-bond acceptors (Lipinski definition) is 3. The average Bonchev–Trinajstić information content (AvgIpc) is 2.75. The monoisotopic (exact) mass is 329 g/mol. The molecule has 3 rings (SSSR count). The summed E-state index contributed by atoms with van der Waals surface area (Å²) in [6.45, 7) is 12.4. The Hall–Kier alpha value is -1.49. The van der Waals surface area contributed by atoms with Gasteiger partial charge in [-0.2, -0.15) is 0 Å². The Morgan fingerprint density at radius 2 is 1.83 bits per heavy atom. The van der Waals surface area contributed by atoms with E-state index in [1.165, 1.54) is 5.46 Å². The third-order valence-electron chi connectivity index (χ3n) is 6.02. The third kappa shape index (κ3) is 3.06. The molecule has 0 spiro atoms. The second-order valence-corrected chi connectivity index (χ2v) is 8.21. The number of rotatable bonds is 3. The first-order chi connectivity index (χ1) is 11.2. The fraction of sp³-hybridized carbons (Fsp3) is 0.632. The zero-order valence-electron chi connectivity index (χ0n) is 15.5. The van der Waals surface area contributed by atoms with E-state index in [0.717, 1.165) is 24.8 Å². The summed E-state index contributed by atoms with van der Waals surface area (Å²) in [6, 6.07) is 8.55. The lowest BCUT2D eigenvalue weighted by molar-refractivity contribution is 0.0375. The number of amides is 1. The maximum absolute atomic E-state index is 11.9. The first-order valence-electron chi connectivity index (χ1n) is 8.92. The number of hydrogen-bond donors (Lipinski definition) is 0. The van der Waals surface area contributed by atoms with Crippen LogP contribution >= 0.6 is 0 Å². The number of cyclic esters (lactones) is 1. The molecule has 4 nitrogen and oxygen atoms in total. The SMILES string of the molecule is C[C@@H](c1ccc(B2CC(C)(C)C(C)(C)O2)cc1)N1CCCOC1=O. The van der Waals surface area contributed by atoms with Crippen molar-refractivity contribution in [2.75, 3.05) is 13.2 Å². The summed E-state index contributed by atoms with van der Waals surface area (Å²) >= 11 is 0. The molecule has 1 aromatic rings. The van der Waals surface area contributed by atoms with Crippen LogP contribution in [0.5, 0.6) is 0 Å². The molecule has 0 unspecified atom stereocenters. The molecule has 1 aromatic carbocycles. The minimum absolute atomic E-state index is 0.0317. The van der Waals surface area contributed by atoms with Gasteiger partial charge in [-0.05, 0) is 50.0 Å². The molecular weight excluding hydrogens is 301 g/mol. The fourth-order valence-electron chi connectivity index (χ4n) is 3.54. The summed E-state index contributed by atoms with van der Waals surface area (Å²) in [4.78, 5) is 13.7. The first kappa shape index (κ1) is 17.3. The van der Waals surface area contributed by atoms with E-state index in [9.17, 15) is 4.79 Å². The molecule has 1 atom stereocenters. The van der Waals surface area contributed by atoms with E-state index in [1.807, 2.05) is 0 Å². The number of carbonyl (C=O) groups is 1. The van der Waals surface area contributed by atoms with Gasteiger partial charge in [-0.15, -0.1) is 0 Å². The van der Waals surface area contributed by atoms with Crippen LogP contribution in [-0.4, -0.2) is 36.7 Å². The van der Waals surface area contributed by atoms with E-state index < -0.39 is 0 Å². The molecule has 1 amide bonds. The minimum Gasteiger partial charge on any atom is -0.449 e. The van der Waals surface area contributed by atoms with E-state index in [1.54, 1.807) is 4.90 Å². The molecular formula is C19H28BNO3. The standard InChI is InChI=1S/C19H28BNO3/c1-14(21-11-6-12-23-17(21)22)15-7-9-16(10-8-15)20-13-18(2,3)19(4,5)24-20/h7-10,14H,6,11-13H2,1-5H3/t14-/m0/s1. The van der Waals surface area contributed by atoms with Crippen molar-refractivity contribution in [2.45, 2.75) is 59.0 Å². The molecule has 0 radical (unpaired) electrons. The molecule has 5 heteroatoms. The number of carbonyl (C=O) groups excluding carboxylic acids is 1. The van der Waals surface area contributed by atoms with Crippen molar-refractivity contribution in [2.24, 2.45) is 5.41 Å². The van der Waals surface area contributed by atoms with Crippen LogP contribution in [0, 0.1) is 5.41 Å². The van der Waals surface area contributed by atoms with Crippen molar-refractivity contribution in [3.05, 3.63) is 29.8 Å². The molecule has 2 fully saturated rings. The maximum atomic E-state index is 11.9. The lowest BCUT2D eigenvalue weighted by atomic mass is 9.54. The molecule has 0 bridgehead atoms. The smallest absolute Gasteiger partial charge is 0.410 e. The van der Waals surface area contributed by atoms with Gasteiger partial charge in [0, 0.05) is 6.54 Å². The molecule has 2 heterocycles. The second kappa shape index (κ2) is 6.10. The summed E-state index contributed by atoms with van der Waals surface area (Å²) in [5, 5.41) is 0. The molecule has 2 saturated heterocycles. The number of ether oxygens (including phenoxy) is 1. The molecule has 2 aliphatic heterocycles. The minimum atomic E-state index is -0.208. The Balaban J connectivity index is 1.73. The van der Waals surface area contributed by atoms with E-state index in [2.05, 4.69) is 58.9 Å². The lowest BCUT2D eigenvalue weighted by Crippen LogP contribution is -2.39. The highest BCUT2D eigenvalue weighted by Gasteiger charge is 2.49. The van der Waals surface area contributed by atoms with Crippen molar-refractivity contribution >= 4 is 18.5 Å². The van der Waals surface area contributed by atoms with Gasteiger partial charge >= 0.3 is 13.0 Å². The molecule has 130 valence electrons. The second-order valence-electron chi connectivity index (χ2n) is 8.21. The Kier molecular flexibility index (Phi) is 4.41. The zero-order chi connectivity index (χ0) is 17.5. The highest BCUT2D eigenvalue weighted by Crippen LogP contribution is 2.45. The van der Waals surface area contributed by atoms with Crippen molar-refractivity contribution < 1.29 is 14.2 Å². The lowest BCUT2D eigenvalue weighted by Gasteiger charge is -2.34. The Labute approximate surface area is 145 Å². The molecule has 0 saturated carbocycles. The fourth-order valence-corrected chi connectivity index (χ4v) is 3.54. The van der Waals surface area contributed by atoms with Crippen molar-refractivity contribution in [3.63, 3.8) is 0 Å². The van der Waals surface area contributed by atoms with Gasteiger partial charge < -0.3 is 14.3 Å². The maximum Gasteiger partial charge on any atom is 0.410 e. The van der Waals surface area contributed by atoms with Crippen LogP contribution in [-0.2, 0) is 9.39 Å². The van der Waals surface area contributed by atoms with Gasteiger partial charge in [0.25, 0.3) is 0 Å². The summed E-state index contributed by atoms with van der Waals surface area (Å²) in [5.41, 5.74) is 2.38. The van der Waals surface area contributed by atoms with Gasteiger partial charge in [-0.25, -0.2) is 4.79 Å². The van der Waals surface area contributed by atoms with Crippen LogP contribution in [0.25, 0.3) is 0 Å². The summed E-state index contributed by atoms with van der Waals surface area (Å²) in [5.74, 6) is 0. The first-order valence-corrected chi connectivity index (χ1v) is 8.92. The Morgan fingerprint density at radius 1 is 1.17 bits per heavy atom. The average molecular weight is 329 g/mol. The molecule has 0 aliphatic carbocycles. The van der Waals surface area contributed by atoms with E-state index in [4.69, 9.17) is 9.39 Å². The summed E-state index contributed by atoms with van der Waals surface area (Å²) in [6.07, 6.45) is 1.71. The Bertz CT molecular complexity index is 596. The molecule has 0 aromatic heterocycles. The van der Waals surface area contributed by atoms with E-state index >= 15 is 0 Å². The van der Waals surface area contributed by atoms with Gasteiger partial charge in [-0.3, -0.25) is 0 Å². The largest absolute Gasteiger partial charge is 0.449 e. The van der Waals surface area contributed by atoms with Crippen molar-refractivity contribution in [1.82, 2.24) is 4.90 Å². The number of nitrogens with zero attached hydrogens (tertiary/aromatic N) is 1. The predicted octanol–water partition coefficient (Wildman–Crippen LogP) is 3.62. The van der Waals surface area contributed by atoms with E-state index in [-0.39, 0.29) is 30.1 Å². The molecule has 2 aliphatic rings. The van der Waals surface area contributed by atoms with Crippen molar-refractivity contribution in [3.8, 4) is 0 Å². The number of benzene rings is 1. The van der Waals surface area contributed by atoms with Gasteiger partial charge in [-0.1, -0.05) is 38.1 Å². The summed E-state index contributed by atoms with van der Waals surface area (Å²) in [7, 11) is 0. The van der Waals surface area contributed by atoms with Crippen LogP contribution in [0.15, 0.2) is 24.3 Å². The van der Waals surface area contributed by atoms with Crippen LogP contribution < -0.4 is 5.46 Å². The van der Waals surface area contributed by atoms with Crippen LogP contribution in [0.2, 0.25) is 6.32 Å². The van der Waals surface area contributed by atoms with Crippen LogP contribution in [0.1, 0.15) is 52.6 Å². The molecule has 24 heavy (non-hydrogen) atoms. The van der Waals surface area contributed by atoms with Gasteiger partial charge in [0.1, 0.15) is 0 Å².